The molecule has 1 rings (SSSR count). The molecule has 0 atom stereocenters. The lowest BCUT2D eigenvalue weighted by molar-refractivity contribution is -0.116. The molecule has 0 fully saturated rings. The smallest absolute Gasteiger partial charge is 0.163 e. The third-order valence-corrected chi connectivity index (χ3v) is 1.99. The quantitative estimate of drug-likeness (QED) is 0.765. The summed E-state index contributed by atoms with van der Waals surface area (Å²) in [6, 6.07) is 2.70. The van der Waals surface area contributed by atoms with Gasteiger partial charge in [0.15, 0.2) is 11.5 Å². The number of benzene rings is 1. The van der Waals surface area contributed by atoms with Crippen molar-refractivity contribution in [3.05, 3.63) is 23.5 Å². The van der Waals surface area contributed by atoms with Gasteiger partial charge < -0.3 is 9.47 Å². The van der Waals surface area contributed by atoms with Crippen molar-refractivity contribution in [3.8, 4) is 11.5 Å². The van der Waals surface area contributed by atoms with Gasteiger partial charge in [0.2, 0.25) is 0 Å². The van der Waals surface area contributed by atoms with Crippen LogP contribution in [0.4, 0.5) is 4.39 Å². The first kappa shape index (κ1) is 11.5. The second-order valence-electron chi connectivity index (χ2n) is 3.18. The topological polar surface area (TPSA) is 35.5 Å². The first-order valence-corrected chi connectivity index (χ1v) is 4.48. The standard InChI is InChI=1S/C11H13FO3/c1-7(13)4-8-5-10(14-2)11(15-3)6-9(8)12/h5-6H,4H2,1-3H3. The summed E-state index contributed by atoms with van der Waals surface area (Å²) < 4.78 is 23.4. The molecule has 0 unspecified atom stereocenters. The van der Waals surface area contributed by atoms with Gasteiger partial charge in [-0.2, -0.15) is 0 Å². The van der Waals surface area contributed by atoms with Crippen molar-refractivity contribution >= 4 is 5.78 Å². The fraction of sp³-hybridized carbons (Fsp3) is 0.364. The Hall–Kier alpha value is -1.58. The van der Waals surface area contributed by atoms with Crippen LogP contribution < -0.4 is 9.47 Å². The van der Waals surface area contributed by atoms with E-state index in [9.17, 15) is 9.18 Å². The Morgan fingerprint density at radius 1 is 1.27 bits per heavy atom. The first-order valence-electron chi connectivity index (χ1n) is 4.48. The zero-order valence-corrected chi connectivity index (χ0v) is 8.96. The minimum atomic E-state index is -0.456. The monoisotopic (exact) mass is 212 g/mol. The molecule has 0 spiro atoms. The van der Waals surface area contributed by atoms with Crippen LogP contribution in [0.25, 0.3) is 0 Å². The van der Waals surface area contributed by atoms with E-state index in [0.717, 1.165) is 0 Å². The lowest BCUT2D eigenvalue weighted by atomic mass is 10.1. The zero-order chi connectivity index (χ0) is 11.4. The summed E-state index contributed by atoms with van der Waals surface area (Å²) in [7, 11) is 2.90. The molecule has 0 radical (unpaired) electrons. The lowest BCUT2D eigenvalue weighted by Crippen LogP contribution is -2.01. The average molecular weight is 212 g/mol. The molecule has 0 bridgehead atoms. The highest BCUT2D eigenvalue weighted by Gasteiger charge is 2.11. The minimum Gasteiger partial charge on any atom is -0.493 e. The number of halogens is 1. The van der Waals surface area contributed by atoms with Crippen LogP contribution in [0, 0.1) is 5.82 Å². The van der Waals surface area contributed by atoms with Gasteiger partial charge >= 0.3 is 0 Å². The van der Waals surface area contributed by atoms with Gasteiger partial charge in [-0.3, -0.25) is 4.79 Å². The van der Waals surface area contributed by atoms with Crippen LogP contribution in [-0.2, 0) is 11.2 Å². The van der Waals surface area contributed by atoms with Gasteiger partial charge in [-0.1, -0.05) is 0 Å². The zero-order valence-electron chi connectivity index (χ0n) is 8.96. The van der Waals surface area contributed by atoms with Gasteiger partial charge in [0.05, 0.1) is 14.2 Å². The molecule has 1 aromatic carbocycles. The predicted molar refractivity (Wildman–Crippen MR) is 53.9 cm³/mol. The molecule has 1 aromatic rings. The van der Waals surface area contributed by atoms with Gasteiger partial charge in [0, 0.05) is 12.5 Å². The summed E-state index contributed by atoms with van der Waals surface area (Å²) in [4.78, 5) is 10.9. The van der Waals surface area contributed by atoms with Crippen LogP contribution in [0.15, 0.2) is 12.1 Å². The Kier molecular flexibility index (Phi) is 3.66. The Bertz CT molecular complexity index is 374. The van der Waals surface area contributed by atoms with Crippen molar-refractivity contribution in [2.45, 2.75) is 13.3 Å². The summed E-state index contributed by atoms with van der Waals surface area (Å²) in [5.74, 6) is 0.196. The number of methoxy groups -OCH3 is 2. The van der Waals surface area contributed by atoms with Crippen molar-refractivity contribution in [1.82, 2.24) is 0 Å². The molecule has 0 saturated carbocycles. The third kappa shape index (κ3) is 2.68. The van der Waals surface area contributed by atoms with Crippen molar-refractivity contribution in [3.63, 3.8) is 0 Å². The van der Waals surface area contributed by atoms with Crippen LogP contribution in [-0.4, -0.2) is 20.0 Å². The molecular weight excluding hydrogens is 199 g/mol. The van der Waals surface area contributed by atoms with Crippen LogP contribution in [0.2, 0.25) is 0 Å². The second kappa shape index (κ2) is 4.77. The average Bonchev–Trinajstić information content (AvgIpc) is 2.19. The molecular formula is C11H13FO3. The maximum atomic E-state index is 13.4. The Labute approximate surface area is 87.8 Å². The van der Waals surface area contributed by atoms with Crippen LogP contribution >= 0.6 is 0 Å². The van der Waals surface area contributed by atoms with E-state index >= 15 is 0 Å². The van der Waals surface area contributed by atoms with Gasteiger partial charge in [-0.05, 0) is 18.6 Å². The molecule has 3 nitrogen and oxygen atoms in total. The van der Waals surface area contributed by atoms with Gasteiger partial charge in [0.25, 0.3) is 0 Å². The number of carbonyl (C=O) groups excluding carboxylic acids is 1. The molecule has 0 amide bonds. The Morgan fingerprint density at radius 2 is 1.80 bits per heavy atom. The third-order valence-electron chi connectivity index (χ3n) is 1.99. The van der Waals surface area contributed by atoms with Gasteiger partial charge in [-0.15, -0.1) is 0 Å². The largest absolute Gasteiger partial charge is 0.493 e. The molecule has 0 saturated heterocycles. The first-order chi connectivity index (χ1) is 7.08. The van der Waals surface area contributed by atoms with Gasteiger partial charge in [-0.25, -0.2) is 4.39 Å². The summed E-state index contributed by atoms with van der Waals surface area (Å²) >= 11 is 0. The summed E-state index contributed by atoms with van der Waals surface area (Å²) in [6.45, 7) is 1.41. The molecule has 0 N–H and O–H groups in total. The highest BCUT2D eigenvalue weighted by molar-refractivity contribution is 5.78. The van der Waals surface area contributed by atoms with Crippen molar-refractivity contribution in [2.24, 2.45) is 0 Å². The highest BCUT2D eigenvalue weighted by atomic mass is 19.1. The molecule has 4 heteroatoms. The summed E-state index contributed by atoms with van der Waals surface area (Å²) in [6.07, 6.45) is 0.0617. The molecule has 82 valence electrons. The summed E-state index contributed by atoms with van der Waals surface area (Å²) in [5.41, 5.74) is 0.320. The van der Waals surface area contributed by atoms with E-state index in [-0.39, 0.29) is 12.2 Å². The molecule has 0 aliphatic rings. The van der Waals surface area contributed by atoms with E-state index in [1.165, 1.54) is 33.3 Å². The molecule has 0 aromatic heterocycles. The SMILES string of the molecule is COc1cc(F)c(CC(C)=O)cc1OC. The Morgan fingerprint density at radius 3 is 2.27 bits per heavy atom. The maximum Gasteiger partial charge on any atom is 0.163 e. The second-order valence-corrected chi connectivity index (χ2v) is 3.18. The van der Waals surface area contributed by atoms with Crippen LogP contribution in [0.1, 0.15) is 12.5 Å². The highest BCUT2D eigenvalue weighted by Crippen LogP contribution is 2.29. The number of hydrogen-bond acceptors (Lipinski definition) is 3. The molecule has 0 aliphatic carbocycles. The number of carbonyl (C=O) groups is 1. The molecule has 15 heavy (non-hydrogen) atoms. The van der Waals surface area contributed by atoms with Crippen molar-refractivity contribution in [1.29, 1.82) is 0 Å². The normalized spacial score (nSPS) is 9.87. The van der Waals surface area contributed by atoms with E-state index in [0.29, 0.717) is 17.1 Å². The van der Waals surface area contributed by atoms with E-state index < -0.39 is 5.82 Å². The van der Waals surface area contributed by atoms with E-state index in [1.807, 2.05) is 0 Å². The van der Waals surface area contributed by atoms with Crippen molar-refractivity contribution in [2.75, 3.05) is 14.2 Å². The minimum absolute atomic E-state index is 0.0617. The number of ketones is 1. The summed E-state index contributed by atoms with van der Waals surface area (Å²) in [5, 5.41) is 0. The predicted octanol–water partition coefficient (Wildman–Crippen LogP) is 1.97. The fourth-order valence-corrected chi connectivity index (χ4v) is 1.30. The number of ether oxygens (including phenoxy) is 2. The number of rotatable bonds is 4. The maximum absolute atomic E-state index is 13.4. The van der Waals surface area contributed by atoms with E-state index in [1.54, 1.807) is 0 Å². The lowest BCUT2D eigenvalue weighted by Gasteiger charge is -2.09. The van der Waals surface area contributed by atoms with Crippen LogP contribution in [0.3, 0.4) is 0 Å². The van der Waals surface area contributed by atoms with E-state index in [2.05, 4.69) is 0 Å². The number of hydrogen-bond donors (Lipinski definition) is 0. The van der Waals surface area contributed by atoms with Gasteiger partial charge in [0.1, 0.15) is 11.6 Å². The Balaban J connectivity index is 3.13. The molecule has 0 aliphatic heterocycles. The van der Waals surface area contributed by atoms with Crippen LogP contribution in [0.5, 0.6) is 11.5 Å². The number of Topliss-reactive ketones (excluding diaryl/α,β-unsaturated/α-hetero) is 1. The fourth-order valence-electron chi connectivity index (χ4n) is 1.30. The van der Waals surface area contributed by atoms with Crippen molar-refractivity contribution < 1.29 is 18.7 Å². The molecule has 0 heterocycles. The van der Waals surface area contributed by atoms with E-state index in [4.69, 9.17) is 9.47 Å².